The van der Waals surface area contributed by atoms with Gasteiger partial charge in [-0.15, -0.1) is 0 Å². The maximum absolute atomic E-state index is 10.5. The van der Waals surface area contributed by atoms with Gasteiger partial charge in [0, 0.05) is 5.57 Å². The first-order valence-electron chi connectivity index (χ1n) is 4.14. The number of aliphatic carboxylic acids is 1. The average Bonchev–Trinajstić information content (AvgIpc) is 1.97. The third kappa shape index (κ3) is 6.67. The van der Waals surface area contributed by atoms with Crippen LogP contribution in [-0.2, 0) is 4.79 Å². The molecule has 0 aliphatic heterocycles. The van der Waals surface area contributed by atoms with Gasteiger partial charge in [0.05, 0.1) is 0 Å². The molecule has 0 aliphatic rings. The Labute approximate surface area is 90.2 Å². The van der Waals surface area contributed by atoms with E-state index in [9.17, 15) is 4.79 Å². The summed E-state index contributed by atoms with van der Waals surface area (Å²) in [4.78, 5) is 10.5. The van der Waals surface area contributed by atoms with Crippen LogP contribution in [0.5, 0.6) is 0 Å². The van der Waals surface area contributed by atoms with E-state index in [-0.39, 0.29) is 23.1 Å². The highest BCUT2D eigenvalue weighted by atomic mass is 24.3. The van der Waals surface area contributed by atoms with Crippen molar-refractivity contribution in [3.63, 3.8) is 0 Å². The van der Waals surface area contributed by atoms with Crippen LogP contribution in [0.15, 0.2) is 11.6 Å². The topological polar surface area (TPSA) is 37.3 Å². The van der Waals surface area contributed by atoms with E-state index in [1.165, 1.54) is 0 Å². The zero-order valence-corrected chi connectivity index (χ0v) is 7.26. The van der Waals surface area contributed by atoms with Crippen molar-refractivity contribution in [2.75, 3.05) is 0 Å². The van der Waals surface area contributed by atoms with E-state index in [4.69, 9.17) is 5.11 Å². The van der Waals surface area contributed by atoms with Crippen LogP contribution in [0.3, 0.4) is 0 Å². The predicted molar refractivity (Wildman–Crippen MR) is 54.1 cm³/mol. The van der Waals surface area contributed by atoms with Gasteiger partial charge in [-0.05, 0) is 12.8 Å². The Morgan fingerprint density at radius 3 is 2.25 bits per heavy atom. The fourth-order valence-electron chi connectivity index (χ4n) is 0.884. The Morgan fingerprint density at radius 2 is 1.92 bits per heavy atom. The summed E-state index contributed by atoms with van der Waals surface area (Å²) in [7, 11) is 0. The first-order chi connectivity index (χ1) is 5.22. The summed E-state index contributed by atoms with van der Waals surface area (Å²) in [6, 6.07) is 0. The first-order valence-corrected chi connectivity index (χ1v) is 4.14. The molecule has 0 saturated carbocycles. The molecular formula is C9H18MgO2. The minimum absolute atomic E-state index is 0. The van der Waals surface area contributed by atoms with Gasteiger partial charge in [0.25, 0.3) is 0 Å². The van der Waals surface area contributed by atoms with Crippen molar-refractivity contribution in [1.82, 2.24) is 0 Å². The van der Waals surface area contributed by atoms with Crippen molar-refractivity contribution in [3.8, 4) is 0 Å². The van der Waals surface area contributed by atoms with E-state index in [1.54, 1.807) is 0 Å². The predicted octanol–water partition coefficient (Wildman–Crippen LogP) is 1.68. The highest BCUT2D eigenvalue weighted by molar-refractivity contribution is 5.86. The minimum atomic E-state index is -0.764. The lowest BCUT2D eigenvalue weighted by Gasteiger charge is -1.97. The van der Waals surface area contributed by atoms with Gasteiger partial charge in [-0.3, -0.25) is 0 Å². The van der Waals surface area contributed by atoms with Gasteiger partial charge in [-0.25, -0.2) is 4.79 Å². The monoisotopic (exact) mass is 182 g/mol. The highest BCUT2D eigenvalue weighted by Gasteiger charge is 2.03. The van der Waals surface area contributed by atoms with Crippen molar-refractivity contribution in [2.45, 2.75) is 39.5 Å². The number of allylic oxidation sites excluding steroid dienone is 1. The standard InChI is InChI=1S/C9H16O2.Mg.2H/c1-3-5-7-8(6-4-2)9(10)11;;;/h7H,3-6H2,1-2H3,(H,10,11);;;. The average molecular weight is 183 g/mol. The normalized spacial score (nSPS) is 10.7. The molecule has 0 unspecified atom stereocenters. The van der Waals surface area contributed by atoms with Crippen LogP contribution in [0, 0.1) is 0 Å². The van der Waals surface area contributed by atoms with E-state index >= 15 is 0 Å². The molecule has 0 fully saturated rings. The molecule has 0 aromatic carbocycles. The van der Waals surface area contributed by atoms with Crippen LogP contribution in [0.4, 0.5) is 0 Å². The Bertz CT molecular complexity index is 153. The van der Waals surface area contributed by atoms with Crippen LogP contribution < -0.4 is 0 Å². The second kappa shape index (κ2) is 9.07. The maximum Gasteiger partial charge on any atom is 0.331 e. The number of rotatable bonds is 5. The van der Waals surface area contributed by atoms with Crippen LogP contribution in [-0.4, -0.2) is 34.1 Å². The summed E-state index contributed by atoms with van der Waals surface area (Å²) >= 11 is 0. The molecule has 0 rings (SSSR count). The number of unbranched alkanes of at least 4 members (excludes halogenated alkanes) is 1. The van der Waals surface area contributed by atoms with Gasteiger partial charge < -0.3 is 5.11 Å². The summed E-state index contributed by atoms with van der Waals surface area (Å²) < 4.78 is 0. The summed E-state index contributed by atoms with van der Waals surface area (Å²) in [5.41, 5.74) is 0.564. The summed E-state index contributed by atoms with van der Waals surface area (Å²) in [5, 5.41) is 8.66. The zero-order chi connectivity index (χ0) is 8.69. The quantitative estimate of drug-likeness (QED) is 0.519. The van der Waals surface area contributed by atoms with Gasteiger partial charge in [0.15, 0.2) is 0 Å². The van der Waals surface area contributed by atoms with Crippen LogP contribution in [0.2, 0.25) is 0 Å². The SMILES string of the molecule is CCCC=C(CCC)C(=O)O.[MgH2]. The molecule has 0 aromatic rings. The van der Waals surface area contributed by atoms with Gasteiger partial charge in [0.1, 0.15) is 0 Å². The van der Waals surface area contributed by atoms with E-state index in [2.05, 4.69) is 0 Å². The Morgan fingerprint density at radius 1 is 1.33 bits per heavy atom. The zero-order valence-electron chi connectivity index (χ0n) is 7.26. The Kier molecular flexibility index (Phi) is 11.0. The molecule has 0 aromatic heterocycles. The molecule has 0 radical (unpaired) electrons. The summed E-state index contributed by atoms with van der Waals surface area (Å²) in [6.07, 6.45) is 5.31. The van der Waals surface area contributed by atoms with Gasteiger partial charge in [-0.1, -0.05) is 32.8 Å². The molecule has 12 heavy (non-hydrogen) atoms. The van der Waals surface area contributed by atoms with E-state index in [0.29, 0.717) is 12.0 Å². The second-order valence-corrected chi connectivity index (χ2v) is 2.57. The lowest BCUT2D eigenvalue weighted by atomic mass is 10.1. The summed E-state index contributed by atoms with van der Waals surface area (Å²) in [5.74, 6) is -0.764. The molecule has 0 bridgehead atoms. The molecule has 3 heteroatoms. The second-order valence-electron chi connectivity index (χ2n) is 2.57. The van der Waals surface area contributed by atoms with Gasteiger partial charge >= 0.3 is 29.0 Å². The fourth-order valence-corrected chi connectivity index (χ4v) is 0.884. The number of carboxylic acids is 1. The number of carboxylic acid groups (broad SMARTS) is 1. The van der Waals surface area contributed by atoms with Crippen molar-refractivity contribution >= 4 is 29.0 Å². The number of carbonyl (C=O) groups is 1. The lowest BCUT2D eigenvalue weighted by Crippen LogP contribution is -1.99. The van der Waals surface area contributed by atoms with Gasteiger partial charge in [0.2, 0.25) is 0 Å². The van der Waals surface area contributed by atoms with E-state index < -0.39 is 5.97 Å². The van der Waals surface area contributed by atoms with Crippen LogP contribution in [0.25, 0.3) is 0 Å². The number of hydrogen-bond donors (Lipinski definition) is 1. The lowest BCUT2D eigenvalue weighted by molar-refractivity contribution is -0.132. The molecule has 0 atom stereocenters. The molecule has 68 valence electrons. The highest BCUT2D eigenvalue weighted by Crippen LogP contribution is 2.06. The van der Waals surface area contributed by atoms with E-state index in [1.807, 2.05) is 19.9 Å². The van der Waals surface area contributed by atoms with Crippen molar-refractivity contribution in [1.29, 1.82) is 0 Å². The molecule has 0 saturated heterocycles. The number of hydrogen-bond acceptors (Lipinski definition) is 1. The summed E-state index contributed by atoms with van der Waals surface area (Å²) in [6.45, 7) is 4.03. The molecule has 2 nitrogen and oxygen atoms in total. The molecule has 1 N–H and O–H groups in total. The molecule has 0 amide bonds. The van der Waals surface area contributed by atoms with Crippen molar-refractivity contribution in [2.24, 2.45) is 0 Å². The third-order valence-electron chi connectivity index (χ3n) is 1.47. The fraction of sp³-hybridized carbons (Fsp3) is 0.667. The Balaban J connectivity index is 0. The first kappa shape index (κ1) is 14.5. The van der Waals surface area contributed by atoms with Crippen molar-refractivity contribution in [3.05, 3.63) is 11.6 Å². The van der Waals surface area contributed by atoms with Crippen LogP contribution in [0.1, 0.15) is 39.5 Å². The maximum atomic E-state index is 10.5. The molecular weight excluding hydrogens is 164 g/mol. The van der Waals surface area contributed by atoms with Crippen LogP contribution >= 0.6 is 0 Å². The van der Waals surface area contributed by atoms with Crippen molar-refractivity contribution < 1.29 is 9.90 Å². The molecule has 0 spiro atoms. The smallest absolute Gasteiger partial charge is 0.331 e. The third-order valence-corrected chi connectivity index (χ3v) is 1.47. The Hall–Kier alpha value is -0.0238. The largest absolute Gasteiger partial charge is 0.478 e. The molecule has 0 heterocycles. The minimum Gasteiger partial charge on any atom is -0.478 e. The van der Waals surface area contributed by atoms with Gasteiger partial charge in [-0.2, -0.15) is 0 Å². The van der Waals surface area contributed by atoms with E-state index in [0.717, 1.165) is 19.3 Å². The molecule has 0 aliphatic carbocycles.